The van der Waals surface area contributed by atoms with Gasteiger partial charge in [0.1, 0.15) is 6.54 Å². The minimum atomic E-state index is -4.53. The lowest BCUT2D eigenvalue weighted by Crippen LogP contribution is -2.32. The number of aryl methyl sites for hydroxylation is 1. The van der Waals surface area contributed by atoms with Gasteiger partial charge in [0, 0.05) is 6.54 Å². The van der Waals surface area contributed by atoms with E-state index in [1.54, 1.807) is 13.0 Å². The zero-order chi connectivity index (χ0) is 16.3. The first-order valence-corrected chi connectivity index (χ1v) is 7.73. The molecule has 0 N–H and O–H groups in total. The van der Waals surface area contributed by atoms with E-state index in [0.717, 1.165) is 16.4 Å². The average Bonchev–Trinajstić information content (AvgIpc) is 2.33. The van der Waals surface area contributed by atoms with E-state index in [2.05, 4.69) is 0 Å². The number of hydrogen-bond donors (Lipinski definition) is 0. The summed E-state index contributed by atoms with van der Waals surface area (Å²) in [5.74, 6) is -0.562. The molecule has 0 aliphatic heterocycles. The van der Waals surface area contributed by atoms with Crippen LogP contribution >= 0.6 is 0 Å². The first kappa shape index (κ1) is 17.5. The fourth-order valence-corrected chi connectivity index (χ4v) is 3.32. The molecule has 0 saturated carbocycles. The minimum absolute atomic E-state index is 0.0544. The normalized spacial score (nSPS) is 12.4. The fraction of sp³-hybridized carbons (Fsp3) is 0.462. The van der Waals surface area contributed by atoms with Gasteiger partial charge in [0.05, 0.1) is 17.4 Å². The Morgan fingerprint density at radius 3 is 2.38 bits per heavy atom. The van der Waals surface area contributed by atoms with Crippen molar-refractivity contribution in [1.29, 1.82) is 5.26 Å². The van der Waals surface area contributed by atoms with E-state index in [1.807, 2.05) is 0 Å². The number of sulfonamides is 1. The summed E-state index contributed by atoms with van der Waals surface area (Å²) in [7, 11) is -3.82. The minimum Gasteiger partial charge on any atom is -0.212 e. The fourth-order valence-electron chi connectivity index (χ4n) is 1.90. The molecular weight excluding hydrogens is 305 g/mol. The zero-order valence-corrected chi connectivity index (χ0v) is 12.4. The molecule has 1 aromatic carbocycles. The highest BCUT2D eigenvalue weighted by atomic mass is 32.2. The topological polar surface area (TPSA) is 61.2 Å². The Balaban J connectivity index is 3.14. The summed E-state index contributed by atoms with van der Waals surface area (Å²) in [6.45, 7) is 2.80. The smallest absolute Gasteiger partial charge is 0.212 e. The SMILES string of the molecule is CCN(CC#N)S(=O)(=O)Cc1cc(C)cc(C(F)(F)F)c1. The van der Waals surface area contributed by atoms with Gasteiger partial charge in [0.2, 0.25) is 10.0 Å². The van der Waals surface area contributed by atoms with Crippen molar-refractivity contribution in [1.82, 2.24) is 4.31 Å². The van der Waals surface area contributed by atoms with Crippen molar-refractivity contribution < 1.29 is 21.6 Å². The number of halogens is 3. The van der Waals surface area contributed by atoms with Gasteiger partial charge >= 0.3 is 6.18 Å². The number of alkyl halides is 3. The second-order valence-corrected chi connectivity index (χ2v) is 6.51. The molecule has 4 nitrogen and oxygen atoms in total. The maximum Gasteiger partial charge on any atom is 0.416 e. The van der Waals surface area contributed by atoms with E-state index in [4.69, 9.17) is 5.26 Å². The van der Waals surface area contributed by atoms with Gasteiger partial charge in [-0.2, -0.15) is 22.7 Å². The van der Waals surface area contributed by atoms with Crippen molar-refractivity contribution in [3.8, 4) is 6.07 Å². The van der Waals surface area contributed by atoms with E-state index in [9.17, 15) is 21.6 Å². The van der Waals surface area contributed by atoms with Crippen molar-refractivity contribution in [2.75, 3.05) is 13.1 Å². The molecule has 0 aliphatic carbocycles. The van der Waals surface area contributed by atoms with E-state index in [0.29, 0.717) is 5.56 Å². The van der Waals surface area contributed by atoms with Crippen molar-refractivity contribution in [3.63, 3.8) is 0 Å². The quantitative estimate of drug-likeness (QED) is 0.784. The van der Waals surface area contributed by atoms with Crippen LogP contribution in [-0.2, 0) is 22.0 Å². The first-order chi connectivity index (χ1) is 9.60. The van der Waals surface area contributed by atoms with Gasteiger partial charge in [0.15, 0.2) is 0 Å². The van der Waals surface area contributed by atoms with Crippen LogP contribution in [0.5, 0.6) is 0 Å². The summed E-state index contributed by atoms with van der Waals surface area (Å²) >= 11 is 0. The maximum atomic E-state index is 12.7. The molecule has 8 heteroatoms. The van der Waals surface area contributed by atoms with Crippen molar-refractivity contribution in [3.05, 3.63) is 34.9 Å². The molecular formula is C13H15F3N2O2S. The Hall–Kier alpha value is -1.59. The first-order valence-electron chi connectivity index (χ1n) is 6.12. The Morgan fingerprint density at radius 1 is 1.29 bits per heavy atom. The van der Waals surface area contributed by atoms with Crippen LogP contribution in [0, 0.1) is 18.3 Å². The van der Waals surface area contributed by atoms with Crippen molar-refractivity contribution in [2.24, 2.45) is 0 Å². The Kier molecular flexibility index (Phi) is 5.36. The Bertz CT molecular complexity index is 648. The van der Waals surface area contributed by atoms with Crippen LogP contribution in [0.3, 0.4) is 0 Å². The van der Waals surface area contributed by atoms with Crippen LogP contribution in [0.4, 0.5) is 13.2 Å². The predicted molar refractivity (Wildman–Crippen MR) is 71.7 cm³/mol. The Morgan fingerprint density at radius 2 is 1.90 bits per heavy atom. The molecule has 1 rings (SSSR count). The van der Waals surface area contributed by atoms with Gasteiger partial charge in [-0.3, -0.25) is 0 Å². The van der Waals surface area contributed by atoms with Gasteiger partial charge in [-0.05, 0) is 24.6 Å². The molecule has 0 bridgehead atoms. The third-order valence-electron chi connectivity index (χ3n) is 2.81. The molecule has 0 saturated heterocycles. The summed E-state index contributed by atoms with van der Waals surface area (Å²) in [6, 6.07) is 4.91. The summed E-state index contributed by atoms with van der Waals surface area (Å²) in [4.78, 5) is 0. The lowest BCUT2D eigenvalue weighted by Gasteiger charge is -2.18. The molecule has 0 atom stereocenters. The maximum absolute atomic E-state index is 12.7. The van der Waals surface area contributed by atoms with Crippen LogP contribution < -0.4 is 0 Å². The van der Waals surface area contributed by atoms with E-state index in [1.165, 1.54) is 13.0 Å². The van der Waals surface area contributed by atoms with E-state index < -0.39 is 27.5 Å². The molecule has 0 heterocycles. The molecule has 0 spiro atoms. The standard InChI is InChI=1S/C13H15F3N2O2S/c1-3-18(5-4-17)21(19,20)9-11-6-10(2)7-12(8-11)13(14,15)16/h6-8H,3,5,9H2,1-2H3. The largest absolute Gasteiger partial charge is 0.416 e. The van der Waals surface area contributed by atoms with Gasteiger partial charge < -0.3 is 0 Å². The molecule has 116 valence electrons. The van der Waals surface area contributed by atoms with Crippen LogP contribution in [0.2, 0.25) is 0 Å². The molecule has 0 aliphatic rings. The molecule has 0 unspecified atom stereocenters. The van der Waals surface area contributed by atoms with Gasteiger partial charge in [0.25, 0.3) is 0 Å². The summed E-state index contributed by atoms with van der Waals surface area (Å²) in [5, 5.41) is 8.59. The lowest BCUT2D eigenvalue weighted by molar-refractivity contribution is -0.137. The third kappa shape index (κ3) is 4.72. The summed E-state index contributed by atoms with van der Waals surface area (Å²) < 4.78 is 63.3. The van der Waals surface area contributed by atoms with Crippen molar-refractivity contribution >= 4 is 10.0 Å². The number of nitriles is 1. The van der Waals surface area contributed by atoms with E-state index >= 15 is 0 Å². The monoisotopic (exact) mass is 320 g/mol. The number of hydrogen-bond acceptors (Lipinski definition) is 3. The average molecular weight is 320 g/mol. The third-order valence-corrected chi connectivity index (χ3v) is 4.68. The van der Waals surface area contributed by atoms with Gasteiger partial charge in [-0.15, -0.1) is 0 Å². The highest BCUT2D eigenvalue weighted by molar-refractivity contribution is 7.88. The van der Waals surface area contributed by atoms with Crippen LogP contribution in [0.15, 0.2) is 18.2 Å². The number of rotatable bonds is 5. The molecule has 0 aromatic heterocycles. The predicted octanol–water partition coefficient (Wildman–Crippen LogP) is 2.69. The Labute approximate surface area is 121 Å². The van der Waals surface area contributed by atoms with Crippen molar-refractivity contribution in [2.45, 2.75) is 25.8 Å². The van der Waals surface area contributed by atoms with Crippen LogP contribution in [0.25, 0.3) is 0 Å². The zero-order valence-electron chi connectivity index (χ0n) is 11.6. The second-order valence-electron chi connectivity index (χ2n) is 4.55. The summed E-state index contributed by atoms with van der Waals surface area (Å²) in [6.07, 6.45) is -4.53. The van der Waals surface area contributed by atoms with Gasteiger partial charge in [-0.25, -0.2) is 8.42 Å². The second kappa shape index (κ2) is 6.45. The van der Waals surface area contributed by atoms with E-state index in [-0.39, 0.29) is 18.7 Å². The molecule has 0 fully saturated rings. The molecule has 1 aromatic rings. The van der Waals surface area contributed by atoms with Crippen LogP contribution in [0.1, 0.15) is 23.6 Å². The lowest BCUT2D eigenvalue weighted by atomic mass is 10.1. The molecule has 0 radical (unpaired) electrons. The highest BCUT2D eigenvalue weighted by Crippen LogP contribution is 2.31. The number of benzene rings is 1. The number of nitrogens with zero attached hydrogens (tertiary/aromatic N) is 2. The molecule has 0 amide bonds. The highest BCUT2D eigenvalue weighted by Gasteiger charge is 2.31. The summed E-state index contributed by atoms with van der Waals surface area (Å²) in [5.41, 5.74) is -0.492. The van der Waals surface area contributed by atoms with Gasteiger partial charge in [-0.1, -0.05) is 18.6 Å². The van der Waals surface area contributed by atoms with Crippen LogP contribution in [-0.4, -0.2) is 25.8 Å². The molecule has 21 heavy (non-hydrogen) atoms.